The molecule has 1 aliphatic rings. The maximum atomic E-state index is 13.8. The third-order valence-corrected chi connectivity index (χ3v) is 4.19. The van der Waals surface area contributed by atoms with Gasteiger partial charge in [-0.25, -0.2) is 17.9 Å². The Balaban J connectivity index is 2.42. The second-order valence-corrected chi connectivity index (χ2v) is 6.06. The summed E-state index contributed by atoms with van der Waals surface area (Å²) < 4.78 is 41.8. The summed E-state index contributed by atoms with van der Waals surface area (Å²) in [5.41, 5.74) is -0.120. The molecule has 2 N–H and O–H groups in total. The first-order chi connectivity index (χ1) is 9.30. The molecular weight excluding hydrogens is 287 g/mol. The second kappa shape index (κ2) is 5.47. The molecule has 0 bridgehead atoms. The molecule has 0 atom stereocenters. The van der Waals surface area contributed by atoms with Gasteiger partial charge in [0.15, 0.2) is 0 Å². The van der Waals surface area contributed by atoms with Crippen molar-refractivity contribution in [1.82, 2.24) is 4.90 Å². The molecule has 0 saturated carbocycles. The predicted molar refractivity (Wildman–Crippen MR) is 69.2 cm³/mol. The monoisotopic (exact) mass is 302 g/mol. The molecule has 0 aliphatic carbocycles. The number of nitrogens with two attached hydrogens (primary N) is 1. The maximum Gasteiger partial charge on any atom is 0.254 e. The fourth-order valence-corrected chi connectivity index (χ4v) is 2.84. The van der Waals surface area contributed by atoms with Gasteiger partial charge in [0, 0.05) is 24.2 Å². The van der Waals surface area contributed by atoms with E-state index >= 15 is 0 Å². The normalized spacial score (nSPS) is 16.2. The third-order valence-electron chi connectivity index (χ3n) is 3.15. The van der Waals surface area contributed by atoms with Gasteiger partial charge in [0.25, 0.3) is 5.91 Å². The van der Waals surface area contributed by atoms with Crippen LogP contribution in [0.3, 0.4) is 0 Å². The van der Waals surface area contributed by atoms with E-state index in [1.807, 2.05) is 0 Å². The molecule has 0 aromatic heterocycles. The number of carbonyl (C=O) groups is 1. The number of morpholine rings is 1. The van der Waals surface area contributed by atoms with E-state index in [4.69, 9.17) is 9.88 Å². The number of sulfonamides is 1. The number of nitrogens with zero attached hydrogens (tertiary/aromatic N) is 1. The molecule has 8 heteroatoms. The Labute approximate surface area is 116 Å². The summed E-state index contributed by atoms with van der Waals surface area (Å²) in [7, 11) is -4.08. The fourth-order valence-electron chi connectivity index (χ4n) is 2.02. The van der Waals surface area contributed by atoms with Crippen molar-refractivity contribution in [2.45, 2.75) is 11.8 Å². The number of ether oxygens (including phenoxy) is 1. The number of benzene rings is 1. The molecule has 1 aromatic carbocycles. The van der Waals surface area contributed by atoms with E-state index in [1.165, 1.54) is 11.8 Å². The lowest BCUT2D eigenvalue weighted by Gasteiger charge is -2.27. The average molecular weight is 302 g/mol. The van der Waals surface area contributed by atoms with Crippen molar-refractivity contribution < 1.29 is 22.3 Å². The van der Waals surface area contributed by atoms with E-state index < -0.39 is 21.7 Å². The van der Waals surface area contributed by atoms with E-state index in [-0.39, 0.29) is 16.0 Å². The molecule has 1 fully saturated rings. The van der Waals surface area contributed by atoms with Gasteiger partial charge in [-0.1, -0.05) is 0 Å². The average Bonchev–Trinajstić information content (AvgIpc) is 2.40. The third kappa shape index (κ3) is 2.97. The molecule has 1 aromatic rings. The number of halogens is 1. The lowest BCUT2D eigenvalue weighted by atomic mass is 10.1. The molecule has 2 rings (SSSR count). The van der Waals surface area contributed by atoms with Crippen molar-refractivity contribution in [3.8, 4) is 0 Å². The Morgan fingerprint density at radius 1 is 1.35 bits per heavy atom. The highest BCUT2D eigenvalue weighted by molar-refractivity contribution is 7.89. The maximum absolute atomic E-state index is 13.8. The van der Waals surface area contributed by atoms with Gasteiger partial charge >= 0.3 is 0 Å². The van der Waals surface area contributed by atoms with Gasteiger partial charge in [0.2, 0.25) is 10.0 Å². The Bertz CT molecular complexity index is 639. The summed E-state index contributed by atoms with van der Waals surface area (Å²) in [6.07, 6.45) is 0. The van der Waals surface area contributed by atoms with Crippen LogP contribution in [-0.4, -0.2) is 45.5 Å². The quantitative estimate of drug-likeness (QED) is 0.848. The Morgan fingerprint density at radius 2 is 1.95 bits per heavy atom. The highest BCUT2D eigenvalue weighted by atomic mass is 32.2. The largest absolute Gasteiger partial charge is 0.378 e. The van der Waals surface area contributed by atoms with Gasteiger partial charge in [-0.2, -0.15) is 0 Å². The zero-order valence-corrected chi connectivity index (χ0v) is 11.7. The molecule has 0 spiro atoms. The molecule has 0 radical (unpaired) electrons. The van der Waals surface area contributed by atoms with Crippen LogP contribution in [0.2, 0.25) is 0 Å². The molecule has 0 unspecified atom stereocenters. The minimum absolute atomic E-state index is 0.0287. The van der Waals surface area contributed by atoms with Gasteiger partial charge in [0.1, 0.15) is 5.82 Å². The highest BCUT2D eigenvalue weighted by Gasteiger charge is 2.23. The van der Waals surface area contributed by atoms with Crippen molar-refractivity contribution in [2.75, 3.05) is 26.3 Å². The zero-order chi connectivity index (χ0) is 14.9. The Kier molecular flexibility index (Phi) is 4.07. The van der Waals surface area contributed by atoms with Crippen molar-refractivity contribution in [3.05, 3.63) is 29.1 Å². The number of rotatable bonds is 2. The van der Waals surface area contributed by atoms with Crippen molar-refractivity contribution in [3.63, 3.8) is 0 Å². The van der Waals surface area contributed by atoms with E-state index in [0.29, 0.717) is 26.3 Å². The van der Waals surface area contributed by atoms with Crippen molar-refractivity contribution >= 4 is 15.9 Å². The predicted octanol–water partition coefficient (Wildman–Crippen LogP) is 0.254. The van der Waals surface area contributed by atoms with E-state index in [1.54, 1.807) is 0 Å². The first-order valence-electron chi connectivity index (χ1n) is 6.00. The van der Waals surface area contributed by atoms with E-state index in [9.17, 15) is 17.6 Å². The van der Waals surface area contributed by atoms with Gasteiger partial charge in [-0.3, -0.25) is 4.79 Å². The topological polar surface area (TPSA) is 89.7 Å². The molecule has 110 valence electrons. The number of amides is 1. The molecule has 20 heavy (non-hydrogen) atoms. The first-order valence-corrected chi connectivity index (χ1v) is 7.55. The minimum Gasteiger partial charge on any atom is -0.378 e. The summed E-state index contributed by atoms with van der Waals surface area (Å²) in [5.74, 6) is -1.20. The SMILES string of the molecule is Cc1c(F)cc(C(=O)N2CCOCC2)cc1S(N)(=O)=O. The summed E-state index contributed by atoms with van der Waals surface area (Å²) >= 11 is 0. The van der Waals surface area contributed by atoms with Crippen LogP contribution in [0.5, 0.6) is 0 Å². The fraction of sp³-hybridized carbons (Fsp3) is 0.417. The van der Waals surface area contributed by atoms with Crippen LogP contribution in [0.15, 0.2) is 17.0 Å². The van der Waals surface area contributed by atoms with E-state index in [0.717, 1.165) is 12.1 Å². The molecule has 6 nitrogen and oxygen atoms in total. The van der Waals surface area contributed by atoms with Crippen LogP contribution in [0, 0.1) is 12.7 Å². The van der Waals surface area contributed by atoms with Crippen LogP contribution in [-0.2, 0) is 14.8 Å². The molecular formula is C12H15FN2O4S. The van der Waals surface area contributed by atoms with E-state index in [2.05, 4.69) is 0 Å². The van der Waals surface area contributed by atoms with Crippen LogP contribution < -0.4 is 5.14 Å². The zero-order valence-electron chi connectivity index (χ0n) is 10.9. The molecule has 1 saturated heterocycles. The van der Waals surface area contributed by atoms with Crippen LogP contribution in [0.25, 0.3) is 0 Å². The number of carbonyl (C=O) groups excluding carboxylic acids is 1. The lowest BCUT2D eigenvalue weighted by molar-refractivity contribution is 0.0302. The van der Waals surface area contributed by atoms with Crippen molar-refractivity contribution in [2.24, 2.45) is 5.14 Å². The van der Waals surface area contributed by atoms with Gasteiger partial charge in [0.05, 0.1) is 18.1 Å². The summed E-state index contributed by atoms with van der Waals surface area (Å²) in [5, 5.41) is 5.03. The summed E-state index contributed by atoms with van der Waals surface area (Å²) in [6, 6.07) is 2.15. The molecule has 1 heterocycles. The molecule has 1 aliphatic heterocycles. The van der Waals surface area contributed by atoms with Gasteiger partial charge in [-0.15, -0.1) is 0 Å². The first kappa shape index (κ1) is 14.9. The van der Waals surface area contributed by atoms with Gasteiger partial charge in [-0.05, 0) is 19.1 Å². The Morgan fingerprint density at radius 3 is 2.50 bits per heavy atom. The number of primary sulfonamides is 1. The summed E-state index contributed by atoms with van der Waals surface area (Å²) in [6.45, 7) is 2.89. The van der Waals surface area contributed by atoms with Crippen LogP contribution >= 0.6 is 0 Å². The van der Waals surface area contributed by atoms with Crippen LogP contribution in [0.1, 0.15) is 15.9 Å². The Hall–Kier alpha value is -1.51. The lowest BCUT2D eigenvalue weighted by Crippen LogP contribution is -2.40. The second-order valence-electron chi connectivity index (χ2n) is 4.53. The van der Waals surface area contributed by atoms with Gasteiger partial charge < -0.3 is 9.64 Å². The highest BCUT2D eigenvalue weighted by Crippen LogP contribution is 2.20. The molecule has 1 amide bonds. The number of hydrogen-bond donors (Lipinski definition) is 1. The van der Waals surface area contributed by atoms with Crippen molar-refractivity contribution in [1.29, 1.82) is 0 Å². The smallest absolute Gasteiger partial charge is 0.254 e. The van der Waals surface area contributed by atoms with Crippen LogP contribution in [0.4, 0.5) is 4.39 Å². The standard InChI is InChI=1S/C12H15FN2O4S/c1-8-10(13)6-9(7-11(8)20(14,17)18)12(16)15-2-4-19-5-3-15/h6-7H,2-5H2,1H3,(H2,14,17,18). The minimum atomic E-state index is -4.08. The summed E-state index contributed by atoms with van der Waals surface area (Å²) in [4.78, 5) is 13.3. The number of hydrogen-bond acceptors (Lipinski definition) is 4.